The van der Waals surface area contributed by atoms with E-state index in [0.717, 1.165) is 47.4 Å². The normalized spacial score (nSPS) is 19.1. The molecule has 0 saturated heterocycles. The maximum Gasteiger partial charge on any atom is 0.164 e. The number of aliphatic hydroxyl groups excluding tert-OH is 1. The Hall–Kier alpha value is -3.45. The number of aromatic nitrogens is 4. The number of benzene rings is 2. The molecule has 7 nitrogen and oxygen atoms in total. The Morgan fingerprint density at radius 3 is 2.50 bits per heavy atom. The summed E-state index contributed by atoms with van der Waals surface area (Å²) in [7, 11) is 0. The van der Waals surface area contributed by atoms with Crippen LogP contribution in [0.4, 0.5) is 5.82 Å². The molecule has 152 valence electrons. The van der Waals surface area contributed by atoms with Crippen molar-refractivity contribution in [2.24, 2.45) is 0 Å². The lowest BCUT2D eigenvalue weighted by Gasteiger charge is -2.26. The summed E-state index contributed by atoms with van der Waals surface area (Å²) in [5.41, 5.74) is 8.59. The van der Waals surface area contributed by atoms with Gasteiger partial charge in [0.25, 0.3) is 0 Å². The fraction of sp³-hybridized carbons (Fsp3) is 0.261. The molecule has 1 fully saturated rings. The minimum Gasteiger partial charge on any atom is -0.457 e. The quantitative estimate of drug-likeness (QED) is 0.528. The van der Waals surface area contributed by atoms with Gasteiger partial charge >= 0.3 is 0 Å². The van der Waals surface area contributed by atoms with E-state index >= 15 is 0 Å². The van der Waals surface area contributed by atoms with E-state index in [9.17, 15) is 5.11 Å². The Morgan fingerprint density at radius 2 is 1.73 bits per heavy atom. The van der Waals surface area contributed by atoms with Gasteiger partial charge in [-0.3, -0.25) is 0 Å². The van der Waals surface area contributed by atoms with Crippen LogP contribution in [-0.2, 0) is 0 Å². The van der Waals surface area contributed by atoms with E-state index in [-0.39, 0.29) is 12.1 Å². The zero-order chi connectivity index (χ0) is 20.5. The summed E-state index contributed by atoms with van der Waals surface area (Å²) in [6, 6.07) is 17.5. The average Bonchev–Trinajstić information content (AvgIpc) is 3.16. The van der Waals surface area contributed by atoms with Gasteiger partial charge in [0, 0.05) is 5.56 Å². The number of nitrogen functional groups attached to an aromatic ring is 1. The fourth-order valence-electron chi connectivity index (χ4n) is 4.12. The van der Waals surface area contributed by atoms with Gasteiger partial charge in [0.1, 0.15) is 29.3 Å². The smallest absolute Gasteiger partial charge is 0.164 e. The third kappa shape index (κ3) is 3.48. The highest BCUT2D eigenvalue weighted by molar-refractivity contribution is 5.98. The van der Waals surface area contributed by atoms with Crippen molar-refractivity contribution in [2.75, 3.05) is 5.73 Å². The monoisotopic (exact) mass is 401 g/mol. The first-order chi connectivity index (χ1) is 14.7. The maximum absolute atomic E-state index is 10.1. The summed E-state index contributed by atoms with van der Waals surface area (Å²) in [6.07, 6.45) is 4.60. The number of nitrogens with two attached hydrogens (primary N) is 1. The molecule has 0 spiro atoms. The first-order valence-electron chi connectivity index (χ1n) is 10.2. The molecule has 2 aromatic heterocycles. The van der Waals surface area contributed by atoms with Crippen molar-refractivity contribution >= 4 is 16.9 Å². The van der Waals surface area contributed by atoms with E-state index in [1.54, 1.807) is 0 Å². The molecule has 7 heteroatoms. The molecule has 4 aromatic rings. The van der Waals surface area contributed by atoms with Crippen LogP contribution in [0.1, 0.15) is 31.7 Å². The molecular formula is C23H23N5O2. The van der Waals surface area contributed by atoms with Crippen molar-refractivity contribution in [1.82, 2.24) is 19.7 Å². The standard InChI is InChI=1S/C23H23N5O2/c24-22-20-21(15-9-11-19(12-10-15)30-18-7-2-1-3-8-18)27-28(23(20)26-14-25-22)16-5-4-6-17(29)13-16/h1-3,7-12,14,16-17,29H,4-6,13H2,(H2,24,25,26)/t16-,17-/m1/s1. The molecular weight excluding hydrogens is 378 g/mol. The largest absolute Gasteiger partial charge is 0.457 e. The van der Waals surface area contributed by atoms with Crippen LogP contribution in [-0.4, -0.2) is 31.0 Å². The number of fused-ring (bicyclic) bond motifs is 1. The zero-order valence-corrected chi connectivity index (χ0v) is 16.5. The van der Waals surface area contributed by atoms with Gasteiger partial charge in [-0.1, -0.05) is 18.2 Å². The van der Waals surface area contributed by atoms with Crippen LogP contribution >= 0.6 is 0 Å². The molecule has 0 unspecified atom stereocenters. The van der Waals surface area contributed by atoms with E-state index in [0.29, 0.717) is 17.9 Å². The minimum absolute atomic E-state index is 0.0972. The van der Waals surface area contributed by atoms with Gasteiger partial charge in [-0.05, 0) is 62.1 Å². The Labute approximate surface area is 174 Å². The van der Waals surface area contributed by atoms with Gasteiger partial charge in [0.2, 0.25) is 0 Å². The number of rotatable bonds is 4. The number of ether oxygens (including phenoxy) is 1. The molecule has 2 heterocycles. The van der Waals surface area contributed by atoms with Gasteiger partial charge in [0.05, 0.1) is 17.5 Å². The van der Waals surface area contributed by atoms with E-state index in [1.807, 2.05) is 59.3 Å². The highest BCUT2D eigenvalue weighted by Gasteiger charge is 2.26. The van der Waals surface area contributed by atoms with Gasteiger partial charge in [0.15, 0.2) is 5.65 Å². The second kappa shape index (κ2) is 7.76. The molecule has 1 aliphatic rings. The van der Waals surface area contributed by atoms with Crippen LogP contribution in [0.15, 0.2) is 60.9 Å². The van der Waals surface area contributed by atoms with E-state index < -0.39 is 0 Å². The van der Waals surface area contributed by atoms with Crippen molar-refractivity contribution < 1.29 is 9.84 Å². The second-order valence-electron chi connectivity index (χ2n) is 7.66. The lowest BCUT2D eigenvalue weighted by atomic mass is 9.93. The molecule has 0 bridgehead atoms. The lowest BCUT2D eigenvalue weighted by molar-refractivity contribution is 0.101. The molecule has 1 aliphatic carbocycles. The lowest BCUT2D eigenvalue weighted by Crippen LogP contribution is -2.23. The number of anilines is 1. The number of nitrogens with zero attached hydrogens (tertiary/aromatic N) is 4. The molecule has 5 rings (SSSR count). The molecule has 3 N–H and O–H groups in total. The van der Waals surface area contributed by atoms with Gasteiger partial charge in [-0.2, -0.15) is 5.10 Å². The summed E-state index contributed by atoms with van der Waals surface area (Å²) in [4.78, 5) is 8.64. The van der Waals surface area contributed by atoms with Crippen molar-refractivity contribution in [2.45, 2.75) is 37.8 Å². The summed E-state index contributed by atoms with van der Waals surface area (Å²) < 4.78 is 7.81. The van der Waals surface area contributed by atoms with Gasteiger partial charge in [-0.25, -0.2) is 14.6 Å². The maximum atomic E-state index is 10.1. The van der Waals surface area contributed by atoms with Gasteiger partial charge in [-0.15, -0.1) is 0 Å². The van der Waals surface area contributed by atoms with Crippen molar-refractivity contribution in [1.29, 1.82) is 0 Å². The topological polar surface area (TPSA) is 99.1 Å². The minimum atomic E-state index is -0.306. The number of hydrogen-bond donors (Lipinski definition) is 2. The van der Waals surface area contributed by atoms with Crippen molar-refractivity contribution in [3.8, 4) is 22.8 Å². The summed E-state index contributed by atoms with van der Waals surface area (Å²) >= 11 is 0. The Morgan fingerprint density at radius 1 is 0.967 bits per heavy atom. The van der Waals surface area contributed by atoms with Crippen LogP contribution < -0.4 is 10.5 Å². The summed E-state index contributed by atoms with van der Waals surface area (Å²) in [5, 5.41) is 15.7. The Bertz CT molecular complexity index is 1160. The van der Waals surface area contributed by atoms with Crippen LogP contribution in [0.2, 0.25) is 0 Å². The molecule has 0 aliphatic heterocycles. The van der Waals surface area contributed by atoms with Crippen LogP contribution in [0.3, 0.4) is 0 Å². The predicted octanol–water partition coefficient (Wildman–Crippen LogP) is 4.34. The number of hydrogen-bond acceptors (Lipinski definition) is 6. The third-order valence-electron chi connectivity index (χ3n) is 5.59. The molecule has 1 saturated carbocycles. The first-order valence-corrected chi connectivity index (χ1v) is 10.2. The van der Waals surface area contributed by atoms with Crippen molar-refractivity contribution in [3.63, 3.8) is 0 Å². The number of para-hydroxylation sites is 1. The Kier molecular flexibility index (Phi) is 4.80. The van der Waals surface area contributed by atoms with Crippen LogP contribution in [0, 0.1) is 0 Å². The van der Waals surface area contributed by atoms with E-state index in [1.165, 1.54) is 6.33 Å². The van der Waals surface area contributed by atoms with E-state index in [2.05, 4.69) is 9.97 Å². The number of aliphatic hydroxyl groups is 1. The Balaban J connectivity index is 1.52. The second-order valence-corrected chi connectivity index (χ2v) is 7.66. The molecule has 0 amide bonds. The first kappa shape index (κ1) is 18.6. The summed E-state index contributed by atoms with van der Waals surface area (Å²) in [6.45, 7) is 0. The summed E-state index contributed by atoms with van der Waals surface area (Å²) in [5.74, 6) is 1.93. The molecule has 2 aromatic carbocycles. The third-order valence-corrected chi connectivity index (χ3v) is 5.59. The zero-order valence-electron chi connectivity index (χ0n) is 16.5. The highest BCUT2D eigenvalue weighted by atomic mass is 16.5. The van der Waals surface area contributed by atoms with Crippen LogP contribution in [0.25, 0.3) is 22.3 Å². The molecule has 0 radical (unpaired) electrons. The van der Waals surface area contributed by atoms with Crippen LogP contribution in [0.5, 0.6) is 11.5 Å². The average molecular weight is 401 g/mol. The van der Waals surface area contributed by atoms with Crippen molar-refractivity contribution in [3.05, 3.63) is 60.9 Å². The van der Waals surface area contributed by atoms with E-state index in [4.69, 9.17) is 15.6 Å². The predicted molar refractivity (Wildman–Crippen MR) is 115 cm³/mol. The molecule has 2 atom stereocenters. The van der Waals surface area contributed by atoms with Gasteiger partial charge < -0.3 is 15.6 Å². The highest BCUT2D eigenvalue weighted by Crippen LogP contribution is 2.36. The fourth-order valence-corrected chi connectivity index (χ4v) is 4.12. The molecule has 30 heavy (non-hydrogen) atoms. The SMILES string of the molecule is Nc1ncnc2c1c(-c1ccc(Oc3ccccc3)cc1)nn2[C@@H]1CCC[C@@H](O)C1.